The van der Waals surface area contributed by atoms with Crippen molar-refractivity contribution >= 4 is 11.7 Å². The Balaban J connectivity index is 1.48. The maximum atomic E-state index is 12.4. The Kier molecular flexibility index (Phi) is 6.55. The molecule has 0 saturated carbocycles. The number of hydrogen-bond acceptors (Lipinski definition) is 5. The molecule has 1 amide bonds. The number of carbonyl (C=O) groups excluding carboxylic acids is 1. The van der Waals surface area contributed by atoms with Crippen LogP contribution in [0.2, 0.25) is 0 Å². The predicted molar refractivity (Wildman–Crippen MR) is 103 cm³/mol. The number of nitrogens with one attached hydrogen (secondary N) is 1. The summed E-state index contributed by atoms with van der Waals surface area (Å²) in [6.45, 7) is 7.83. The van der Waals surface area contributed by atoms with Crippen molar-refractivity contribution in [3.63, 3.8) is 0 Å². The van der Waals surface area contributed by atoms with Gasteiger partial charge in [0.05, 0.1) is 0 Å². The molecule has 1 aromatic heterocycles. The number of likely N-dealkylation sites (N-methyl/N-ethyl adjacent to an activating group) is 1. The normalized spacial score (nSPS) is 15.0. The van der Waals surface area contributed by atoms with Crippen molar-refractivity contribution in [1.82, 2.24) is 20.2 Å². The number of hydrogen-bond donors (Lipinski definition) is 1. The molecule has 1 aromatic carbocycles. The average molecular weight is 353 g/mol. The van der Waals surface area contributed by atoms with Crippen LogP contribution < -0.4 is 10.2 Å². The van der Waals surface area contributed by atoms with E-state index in [0.717, 1.165) is 51.4 Å². The zero-order chi connectivity index (χ0) is 18.2. The van der Waals surface area contributed by atoms with Crippen LogP contribution >= 0.6 is 0 Å². The summed E-state index contributed by atoms with van der Waals surface area (Å²) in [7, 11) is 0. The van der Waals surface area contributed by atoms with Crippen LogP contribution in [0.3, 0.4) is 0 Å². The highest BCUT2D eigenvalue weighted by Gasteiger charge is 2.18. The van der Waals surface area contributed by atoms with Gasteiger partial charge in [-0.3, -0.25) is 4.79 Å². The van der Waals surface area contributed by atoms with Crippen molar-refractivity contribution in [2.75, 3.05) is 44.2 Å². The lowest BCUT2D eigenvalue weighted by Crippen LogP contribution is -2.46. The molecule has 6 heteroatoms. The largest absolute Gasteiger partial charge is 0.354 e. The number of aryl methyl sites for hydroxylation is 1. The molecule has 0 bridgehead atoms. The summed E-state index contributed by atoms with van der Waals surface area (Å²) < 4.78 is 0. The molecular weight excluding hydrogens is 326 g/mol. The third-order valence-electron chi connectivity index (χ3n) is 4.80. The molecule has 2 aromatic rings. The van der Waals surface area contributed by atoms with Crippen LogP contribution in [0.5, 0.6) is 0 Å². The Bertz CT molecular complexity index is 698. The van der Waals surface area contributed by atoms with Crippen LogP contribution in [0.15, 0.2) is 42.7 Å². The highest BCUT2D eigenvalue weighted by molar-refractivity contribution is 5.92. The fraction of sp³-hybridized carbons (Fsp3) is 0.450. The third-order valence-corrected chi connectivity index (χ3v) is 4.80. The Morgan fingerprint density at radius 2 is 1.88 bits per heavy atom. The van der Waals surface area contributed by atoms with Crippen molar-refractivity contribution in [2.24, 2.45) is 0 Å². The number of anilines is 1. The molecule has 1 saturated heterocycles. The standard InChI is InChI=1S/C20H27N5O/c1-2-24-11-13-25(14-12-24)19-15-18(22-16-23-19)20(26)21-10-6-9-17-7-4-3-5-8-17/h3-5,7-8,15-16H,2,6,9-14H2,1H3,(H,21,26). The van der Waals surface area contributed by atoms with Gasteiger partial charge in [0.2, 0.25) is 0 Å². The molecular formula is C20H27N5O. The Morgan fingerprint density at radius 1 is 1.12 bits per heavy atom. The van der Waals surface area contributed by atoms with E-state index in [1.54, 1.807) is 6.07 Å². The van der Waals surface area contributed by atoms with Crippen LogP contribution in [0.4, 0.5) is 5.82 Å². The van der Waals surface area contributed by atoms with E-state index in [1.165, 1.54) is 11.9 Å². The lowest BCUT2D eigenvalue weighted by atomic mass is 10.1. The van der Waals surface area contributed by atoms with Gasteiger partial charge in [-0.2, -0.15) is 0 Å². The maximum absolute atomic E-state index is 12.4. The second-order valence-corrected chi connectivity index (χ2v) is 6.53. The minimum absolute atomic E-state index is 0.131. The lowest BCUT2D eigenvalue weighted by molar-refractivity contribution is 0.0948. The summed E-state index contributed by atoms with van der Waals surface area (Å²) in [6, 6.07) is 12.1. The molecule has 138 valence electrons. The summed E-state index contributed by atoms with van der Waals surface area (Å²) in [5.74, 6) is 0.707. The second-order valence-electron chi connectivity index (χ2n) is 6.53. The van der Waals surface area contributed by atoms with Gasteiger partial charge in [-0.05, 0) is 24.9 Å². The average Bonchev–Trinajstić information content (AvgIpc) is 2.72. The van der Waals surface area contributed by atoms with Crippen LogP contribution in [0.1, 0.15) is 29.4 Å². The summed E-state index contributed by atoms with van der Waals surface area (Å²) in [5, 5.41) is 2.96. The van der Waals surface area contributed by atoms with Crippen molar-refractivity contribution in [1.29, 1.82) is 0 Å². The van der Waals surface area contributed by atoms with Gasteiger partial charge >= 0.3 is 0 Å². The highest BCUT2D eigenvalue weighted by atomic mass is 16.1. The first-order valence-corrected chi connectivity index (χ1v) is 9.37. The number of aromatic nitrogens is 2. The number of benzene rings is 1. The maximum Gasteiger partial charge on any atom is 0.270 e. The summed E-state index contributed by atoms with van der Waals surface area (Å²) in [5.41, 5.74) is 1.73. The second kappa shape index (κ2) is 9.29. The zero-order valence-electron chi connectivity index (χ0n) is 15.4. The van der Waals surface area contributed by atoms with Gasteiger partial charge in [0.25, 0.3) is 5.91 Å². The quantitative estimate of drug-likeness (QED) is 0.771. The van der Waals surface area contributed by atoms with Crippen molar-refractivity contribution in [3.8, 4) is 0 Å². The Morgan fingerprint density at radius 3 is 2.62 bits per heavy atom. The molecule has 0 atom stereocenters. The van der Waals surface area contributed by atoms with E-state index in [-0.39, 0.29) is 5.91 Å². The molecule has 0 spiro atoms. The van der Waals surface area contributed by atoms with Gasteiger partial charge in [-0.25, -0.2) is 9.97 Å². The van der Waals surface area contributed by atoms with Gasteiger partial charge in [0, 0.05) is 38.8 Å². The van der Waals surface area contributed by atoms with E-state index in [9.17, 15) is 4.79 Å². The Hall–Kier alpha value is -2.47. The molecule has 26 heavy (non-hydrogen) atoms. The van der Waals surface area contributed by atoms with Gasteiger partial charge in [0.15, 0.2) is 0 Å². The lowest BCUT2D eigenvalue weighted by Gasteiger charge is -2.34. The highest BCUT2D eigenvalue weighted by Crippen LogP contribution is 2.14. The van der Waals surface area contributed by atoms with Crippen LogP contribution in [0.25, 0.3) is 0 Å². The zero-order valence-corrected chi connectivity index (χ0v) is 15.4. The van der Waals surface area contributed by atoms with Gasteiger partial charge in [-0.1, -0.05) is 37.3 Å². The Labute approximate surface area is 155 Å². The monoisotopic (exact) mass is 353 g/mol. The topological polar surface area (TPSA) is 61.4 Å². The van der Waals surface area contributed by atoms with E-state index in [4.69, 9.17) is 0 Å². The van der Waals surface area contributed by atoms with Gasteiger partial charge in [0.1, 0.15) is 17.8 Å². The molecule has 3 rings (SSSR count). The van der Waals surface area contributed by atoms with E-state index >= 15 is 0 Å². The summed E-state index contributed by atoms with van der Waals surface area (Å²) >= 11 is 0. The number of amides is 1. The smallest absolute Gasteiger partial charge is 0.270 e. The van der Waals surface area contributed by atoms with E-state index in [0.29, 0.717) is 12.2 Å². The molecule has 1 N–H and O–H groups in total. The molecule has 2 heterocycles. The minimum atomic E-state index is -0.131. The molecule has 6 nitrogen and oxygen atoms in total. The summed E-state index contributed by atoms with van der Waals surface area (Å²) in [6.07, 6.45) is 3.35. The van der Waals surface area contributed by atoms with Crippen molar-refractivity contribution in [3.05, 3.63) is 54.0 Å². The van der Waals surface area contributed by atoms with E-state index in [1.807, 2.05) is 18.2 Å². The van der Waals surface area contributed by atoms with Crippen LogP contribution in [0, 0.1) is 0 Å². The third kappa shape index (κ3) is 5.02. The first-order chi connectivity index (χ1) is 12.8. The molecule has 0 unspecified atom stereocenters. The molecule has 0 radical (unpaired) electrons. The summed E-state index contributed by atoms with van der Waals surface area (Å²) in [4.78, 5) is 25.5. The fourth-order valence-electron chi connectivity index (χ4n) is 3.17. The molecule has 1 fully saturated rings. The van der Waals surface area contributed by atoms with E-state index in [2.05, 4.69) is 44.1 Å². The van der Waals surface area contributed by atoms with E-state index < -0.39 is 0 Å². The first-order valence-electron chi connectivity index (χ1n) is 9.37. The molecule has 0 aliphatic carbocycles. The SMILES string of the molecule is CCN1CCN(c2cc(C(=O)NCCCc3ccccc3)ncn2)CC1. The van der Waals surface area contributed by atoms with Crippen LogP contribution in [-0.4, -0.2) is 60.0 Å². The fourth-order valence-corrected chi connectivity index (χ4v) is 3.17. The van der Waals surface area contributed by atoms with Gasteiger partial charge < -0.3 is 15.1 Å². The minimum Gasteiger partial charge on any atom is -0.354 e. The first kappa shape index (κ1) is 18.3. The molecule has 1 aliphatic heterocycles. The van der Waals surface area contributed by atoms with Crippen LogP contribution in [-0.2, 0) is 6.42 Å². The number of piperazine rings is 1. The number of carbonyl (C=O) groups is 1. The number of rotatable bonds is 7. The van der Waals surface area contributed by atoms with Crippen molar-refractivity contribution in [2.45, 2.75) is 19.8 Å². The molecule has 1 aliphatic rings. The number of nitrogens with zero attached hydrogens (tertiary/aromatic N) is 4. The predicted octanol–water partition coefficient (Wildman–Crippen LogP) is 1.98. The van der Waals surface area contributed by atoms with Crippen molar-refractivity contribution < 1.29 is 4.79 Å². The van der Waals surface area contributed by atoms with Gasteiger partial charge in [-0.15, -0.1) is 0 Å².